The van der Waals surface area contributed by atoms with E-state index in [-0.39, 0.29) is 11.7 Å². The maximum absolute atomic E-state index is 11.9. The number of nitrogens with zero attached hydrogens (tertiary/aromatic N) is 4. The number of rotatable bonds is 3. The number of benzene rings is 1. The van der Waals surface area contributed by atoms with E-state index in [4.69, 9.17) is 4.42 Å². The largest absolute Gasteiger partial charge is 0.459 e. The van der Waals surface area contributed by atoms with Crippen LogP contribution in [0.25, 0.3) is 16.9 Å². The topological polar surface area (TPSA) is 85.3 Å². The SMILES string of the molecule is O=C(Nc1ccc(-c2ccc3nncn3n2)cc1)c1ccco1. The number of anilines is 1. The van der Waals surface area contributed by atoms with Crippen molar-refractivity contribution in [2.24, 2.45) is 0 Å². The third-order valence-electron chi connectivity index (χ3n) is 3.35. The van der Waals surface area contributed by atoms with Crippen LogP contribution >= 0.6 is 0 Å². The number of hydrogen-bond acceptors (Lipinski definition) is 5. The van der Waals surface area contributed by atoms with Gasteiger partial charge in [-0.1, -0.05) is 12.1 Å². The number of fused-ring (bicyclic) bond motifs is 1. The second-order valence-electron chi connectivity index (χ2n) is 4.86. The molecule has 0 atom stereocenters. The van der Waals surface area contributed by atoms with Crippen molar-refractivity contribution in [1.29, 1.82) is 0 Å². The van der Waals surface area contributed by atoms with Crippen LogP contribution in [-0.2, 0) is 0 Å². The Balaban J connectivity index is 1.56. The summed E-state index contributed by atoms with van der Waals surface area (Å²) in [6.07, 6.45) is 3.02. The first-order valence-electron chi connectivity index (χ1n) is 6.92. The van der Waals surface area contributed by atoms with E-state index in [1.54, 1.807) is 23.0 Å². The summed E-state index contributed by atoms with van der Waals surface area (Å²) in [6.45, 7) is 0. The van der Waals surface area contributed by atoms with Crippen molar-refractivity contribution in [3.05, 3.63) is 66.9 Å². The predicted molar refractivity (Wildman–Crippen MR) is 82.9 cm³/mol. The molecule has 0 bridgehead atoms. The third-order valence-corrected chi connectivity index (χ3v) is 3.35. The molecule has 1 amide bonds. The van der Waals surface area contributed by atoms with E-state index < -0.39 is 0 Å². The van der Waals surface area contributed by atoms with Gasteiger partial charge in [0, 0.05) is 11.3 Å². The molecule has 7 nitrogen and oxygen atoms in total. The summed E-state index contributed by atoms with van der Waals surface area (Å²) in [5.41, 5.74) is 3.09. The van der Waals surface area contributed by atoms with Crippen LogP contribution in [0.3, 0.4) is 0 Å². The summed E-state index contributed by atoms with van der Waals surface area (Å²) < 4.78 is 6.67. The van der Waals surface area contributed by atoms with Gasteiger partial charge >= 0.3 is 0 Å². The molecule has 0 saturated carbocycles. The third kappa shape index (κ3) is 2.55. The molecule has 3 aromatic heterocycles. The average molecular weight is 305 g/mol. The van der Waals surface area contributed by atoms with Gasteiger partial charge in [-0.2, -0.15) is 9.61 Å². The standard InChI is InChI=1S/C16H11N5O2/c22-16(14-2-1-9-23-14)18-12-5-3-11(4-6-12)13-7-8-15-19-17-10-21(15)20-13/h1-10H,(H,18,22). The molecule has 23 heavy (non-hydrogen) atoms. The minimum absolute atomic E-state index is 0.272. The number of nitrogens with one attached hydrogen (secondary N) is 1. The van der Waals surface area contributed by atoms with Crippen molar-refractivity contribution >= 4 is 17.2 Å². The number of hydrogen-bond donors (Lipinski definition) is 1. The number of aromatic nitrogens is 4. The van der Waals surface area contributed by atoms with E-state index in [2.05, 4.69) is 20.6 Å². The fourth-order valence-electron chi connectivity index (χ4n) is 2.21. The van der Waals surface area contributed by atoms with E-state index in [1.165, 1.54) is 6.26 Å². The van der Waals surface area contributed by atoms with E-state index in [0.717, 1.165) is 11.3 Å². The Labute approximate surface area is 130 Å². The molecular weight excluding hydrogens is 294 g/mol. The quantitative estimate of drug-likeness (QED) is 0.629. The molecule has 0 aliphatic carbocycles. The maximum atomic E-state index is 11.9. The molecule has 3 heterocycles. The monoisotopic (exact) mass is 305 g/mol. The zero-order valence-electron chi connectivity index (χ0n) is 11.9. The normalized spacial score (nSPS) is 10.8. The van der Waals surface area contributed by atoms with Crippen molar-refractivity contribution in [2.45, 2.75) is 0 Å². The van der Waals surface area contributed by atoms with Crippen LogP contribution in [0, 0.1) is 0 Å². The van der Waals surface area contributed by atoms with Crippen molar-refractivity contribution in [2.75, 3.05) is 5.32 Å². The fraction of sp³-hybridized carbons (Fsp3) is 0. The van der Waals surface area contributed by atoms with Crippen LogP contribution in [0.4, 0.5) is 5.69 Å². The van der Waals surface area contributed by atoms with Crippen molar-refractivity contribution in [3.63, 3.8) is 0 Å². The lowest BCUT2D eigenvalue weighted by Gasteiger charge is -2.05. The van der Waals surface area contributed by atoms with Gasteiger partial charge in [0.25, 0.3) is 5.91 Å². The number of furan rings is 1. The van der Waals surface area contributed by atoms with Gasteiger partial charge in [-0.3, -0.25) is 4.79 Å². The fourth-order valence-corrected chi connectivity index (χ4v) is 2.21. The molecule has 0 radical (unpaired) electrons. The highest BCUT2D eigenvalue weighted by atomic mass is 16.3. The highest BCUT2D eigenvalue weighted by molar-refractivity contribution is 6.02. The molecule has 7 heteroatoms. The molecule has 0 saturated heterocycles. The van der Waals surface area contributed by atoms with Crippen LogP contribution in [0.5, 0.6) is 0 Å². The first kappa shape index (κ1) is 13.2. The molecule has 0 fully saturated rings. The van der Waals surface area contributed by atoms with E-state index in [0.29, 0.717) is 11.3 Å². The lowest BCUT2D eigenvalue weighted by atomic mass is 10.1. The summed E-state index contributed by atoms with van der Waals surface area (Å²) >= 11 is 0. The summed E-state index contributed by atoms with van der Waals surface area (Å²) in [4.78, 5) is 11.9. The Kier molecular flexibility index (Phi) is 3.09. The number of amides is 1. The van der Waals surface area contributed by atoms with Crippen LogP contribution in [0.15, 0.2) is 65.5 Å². The van der Waals surface area contributed by atoms with Gasteiger partial charge in [0.1, 0.15) is 6.33 Å². The predicted octanol–water partition coefficient (Wildman–Crippen LogP) is 2.64. The summed E-state index contributed by atoms with van der Waals surface area (Å²) in [6, 6.07) is 14.4. The minimum Gasteiger partial charge on any atom is -0.459 e. The molecule has 0 aliphatic heterocycles. The number of carbonyl (C=O) groups is 1. The Morgan fingerprint density at radius 1 is 1.09 bits per heavy atom. The average Bonchev–Trinajstić information content (AvgIpc) is 3.26. The molecule has 4 rings (SSSR count). The molecule has 0 aliphatic rings. The van der Waals surface area contributed by atoms with Gasteiger partial charge in [-0.25, -0.2) is 0 Å². The summed E-state index contributed by atoms with van der Waals surface area (Å²) in [5, 5.41) is 14.9. The molecule has 1 aromatic carbocycles. The van der Waals surface area contributed by atoms with Gasteiger partial charge in [0.15, 0.2) is 11.4 Å². The highest BCUT2D eigenvalue weighted by Gasteiger charge is 2.09. The Bertz CT molecular complexity index is 958. The molecule has 0 unspecified atom stereocenters. The molecule has 112 valence electrons. The number of carbonyl (C=O) groups excluding carboxylic acids is 1. The highest BCUT2D eigenvalue weighted by Crippen LogP contribution is 2.20. The molecule has 1 N–H and O–H groups in total. The lowest BCUT2D eigenvalue weighted by Crippen LogP contribution is -2.10. The van der Waals surface area contributed by atoms with Gasteiger partial charge in [0.2, 0.25) is 0 Å². The molecule has 0 spiro atoms. The van der Waals surface area contributed by atoms with Crippen LogP contribution in [-0.4, -0.2) is 25.7 Å². The minimum atomic E-state index is -0.285. The second kappa shape index (κ2) is 5.38. The van der Waals surface area contributed by atoms with E-state index >= 15 is 0 Å². The van der Waals surface area contributed by atoms with E-state index in [1.807, 2.05) is 36.4 Å². The van der Waals surface area contributed by atoms with Crippen LogP contribution in [0.2, 0.25) is 0 Å². The van der Waals surface area contributed by atoms with Crippen molar-refractivity contribution in [3.8, 4) is 11.3 Å². The first-order valence-corrected chi connectivity index (χ1v) is 6.92. The van der Waals surface area contributed by atoms with Gasteiger partial charge < -0.3 is 9.73 Å². The lowest BCUT2D eigenvalue weighted by molar-refractivity contribution is 0.0996. The first-order chi connectivity index (χ1) is 11.3. The summed E-state index contributed by atoms with van der Waals surface area (Å²) in [7, 11) is 0. The Hall–Kier alpha value is -3.48. The van der Waals surface area contributed by atoms with Crippen molar-refractivity contribution in [1.82, 2.24) is 19.8 Å². The zero-order chi connectivity index (χ0) is 15.6. The van der Waals surface area contributed by atoms with Gasteiger partial charge in [-0.05, 0) is 36.4 Å². The second-order valence-corrected chi connectivity index (χ2v) is 4.86. The molecular formula is C16H11N5O2. The Morgan fingerprint density at radius 3 is 2.74 bits per heavy atom. The smallest absolute Gasteiger partial charge is 0.291 e. The van der Waals surface area contributed by atoms with Gasteiger partial charge in [0.05, 0.1) is 12.0 Å². The summed E-state index contributed by atoms with van der Waals surface area (Å²) in [5.74, 6) is -0.0133. The Morgan fingerprint density at radius 2 is 1.96 bits per heavy atom. The van der Waals surface area contributed by atoms with Gasteiger partial charge in [-0.15, -0.1) is 10.2 Å². The van der Waals surface area contributed by atoms with E-state index in [9.17, 15) is 4.79 Å². The molecule has 4 aromatic rings. The van der Waals surface area contributed by atoms with Crippen LogP contribution < -0.4 is 5.32 Å². The van der Waals surface area contributed by atoms with Crippen LogP contribution in [0.1, 0.15) is 10.6 Å². The maximum Gasteiger partial charge on any atom is 0.291 e. The zero-order valence-corrected chi connectivity index (χ0v) is 11.9. The van der Waals surface area contributed by atoms with Crippen molar-refractivity contribution < 1.29 is 9.21 Å².